The fraction of sp³-hybridized carbons (Fsp3) is 0.552. The number of nitrogens with zero attached hydrogens (tertiary/aromatic N) is 1. The molecule has 2 aromatic carbocycles. The molecule has 2 atom stereocenters. The summed E-state index contributed by atoms with van der Waals surface area (Å²) in [4.78, 5) is 14.8. The van der Waals surface area contributed by atoms with Crippen molar-refractivity contribution in [1.29, 1.82) is 0 Å². The number of fused-ring (bicyclic) bond motifs is 1. The van der Waals surface area contributed by atoms with Crippen LogP contribution in [0.25, 0.3) is 0 Å². The fourth-order valence-corrected chi connectivity index (χ4v) is 7.08. The van der Waals surface area contributed by atoms with Crippen molar-refractivity contribution >= 4 is 15.7 Å². The maximum absolute atomic E-state index is 13.2. The number of aliphatic hydroxyl groups excluding tert-OH is 1. The summed E-state index contributed by atoms with van der Waals surface area (Å²) in [7, 11) is -4.40. The molecule has 0 aromatic heterocycles. The number of likely N-dealkylation sites (tertiary alicyclic amines) is 1. The topological polar surface area (TPSA) is 86.7 Å². The zero-order chi connectivity index (χ0) is 28.4. The summed E-state index contributed by atoms with van der Waals surface area (Å²) in [6.45, 7) is 5.57. The second kappa shape index (κ2) is 11.6. The van der Waals surface area contributed by atoms with E-state index in [-0.39, 0.29) is 6.04 Å². The van der Waals surface area contributed by atoms with Crippen molar-refractivity contribution in [3.63, 3.8) is 0 Å². The number of piperidine rings is 1. The number of nitrogens with one attached hydrogen (secondary N) is 1. The van der Waals surface area contributed by atoms with Crippen LogP contribution in [0.2, 0.25) is 0 Å². The maximum atomic E-state index is 13.2. The van der Waals surface area contributed by atoms with Gasteiger partial charge in [0.1, 0.15) is 0 Å². The third-order valence-corrected chi connectivity index (χ3v) is 10.6. The highest BCUT2D eigenvalue weighted by molar-refractivity contribution is 7.92. The van der Waals surface area contributed by atoms with E-state index in [1.807, 2.05) is 0 Å². The normalized spacial score (nSPS) is 19.8. The molecule has 4 rings (SSSR count). The first-order valence-electron chi connectivity index (χ1n) is 13.5. The van der Waals surface area contributed by atoms with Crippen LogP contribution < -0.4 is 5.32 Å². The number of alkyl halides is 3. The molecule has 1 saturated heterocycles. The average molecular weight is 567 g/mol. The predicted octanol–water partition coefficient (Wildman–Crippen LogP) is 5.19. The lowest BCUT2D eigenvalue weighted by Gasteiger charge is -2.32. The van der Waals surface area contributed by atoms with E-state index in [1.54, 1.807) is 0 Å². The van der Waals surface area contributed by atoms with Gasteiger partial charge in [-0.25, -0.2) is 8.42 Å². The van der Waals surface area contributed by atoms with Crippen LogP contribution in [0.4, 0.5) is 13.2 Å². The van der Waals surface area contributed by atoms with E-state index in [0.29, 0.717) is 6.07 Å². The molecule has 1 fully saturated rings. The molecule has 6 nitrogen and oxygen atoms in total. The largest absolute Gasteiger partial charge is 0.416 e. The van der Waals surface area contributed by atoms with Crippen molar-refractivity contribution in [3.05, 3.63) is 64.7 Å². The van der Waals surface area contributed by atoms with Gasteiger partial charge in [-0.15, -0.1) is 0 Å². The van der Waals surface area contributed by atoms with Crippen molar-refractivity contribution in [2.45, 2.75) is 93.3 Å². The monoisotopic (exact) mass is 566 g/mol. The minimum atomic E-state index is -4.71. The Morgan fingerprint density at radius 3 is 2.49 bits per heavy atom. The molecule has 1 aliphatic heterocycles. The lowest BCUT2D eigenvalue weighted by Crippen LogP contribution is -2.46. The molecule has 2 N–H and O–H groups in total. The number of benzene rings is 2. The minimum Gasteiger partial charge on any atom is -0.391 e. The minimum absolute atomic E-state index is 0.249. The number of sulfone groups is 1. The van der Waals surface area contributed by atoms with Crippen molar-refractivity contribution in [3.8, 4) is 0 Å². The zero-order valence-electron chi connectivity index (χ0n) is 22.4. The fourth-order valence-electron chi connectivity index (χ4n) is 5.49. The van der Waals surface area contributed by atoms with E-state index in [0.717, 1.165) is 62.7 Å². The van der Waals surface area contributed by atoms with Gasteiger partial charge in [0, 0.05) is 6.54 Å². The van der Waals surface area contributed by atoms with E-state index < -0.39 is 49.7 Å². The number of hydrogen-bond acceptors (Lipinski definition) is 5. The Bertz CT molecular complexity index is 1290. The summed E-state index contributed by atoms with van der Waals surface area (Å²) in [6.07, 6.45) is -0.567. The quantitative estimate of drug-likeness (QED) is 0.460. The smallest absolute Gasteiger partial charge is 0.391 e. The summed E-state index contributed by atoms with van der Waals surface area (Å²) in [5.74, 6) is -0.509. The number of aryl methyl sites for hydroxylation is 1. The molecular formula is C29H37F3N2O4S. The molecule has 0 radical (unpaired) electrons. The molecule has 0 saturated carbocycles. The van der Waals surface area contributed by atoms with Gasteiger partial charge in [0.15, 0.2) is 9.84 Å². The van der Waals surface area contributed by atoms with E-state index in [4.69, 9.17) is 0 Å². The lowest BCUT2D eigenvalue weighted by atomic mass is 9.86. The third-order valence-electron chi connectivity index (χ3n) is 8.06. The van der Waals surface area contributed by atoms with Gasteiger partial charge in [-0.05, 0) is 93.9 Å². The van der Waals surface area contributed by atoms with Gasteiger partial charge < -0.3 is 10.4 Å². The van der Waals surface area contributed by atoms with E-state index in [2.05, 4.69) is 28.4 Å². The highest BCUT2D eigenvalue weighted by Crippen LogP contribution is 2.35. The first-order valence-corrected chi connectivity index (χ1v) is 15.0. The number of aliphatic hydroxyl groups is 1. The molecule has 0 unspecified atom stereocenters. The standard InChI is InChI=1S/C29H37F3N2O4S/c1-28(2,39(37,38)23-10-7-9-22(17-23)29(30,31)32)26(35)18-27(36)33-25-11-6-8-21-16-20(12-13-24(21)25)19-34-14-4-3-5-15-34/h7,9-10,12-13,16-17,25-26,35H,3-6,8,11,14-15,18-19H2,1-2H3,(H,33,36)/t25-,26+/m1/s1. The van der Waals surface area contributed by atoms with E-state index in [9.17, 15) is 31.5 Å². The van der Waals surface area contributed by atoms with Crippen LogP contribution in [0.5, 0.6) is 0 Å². The Morgan fingerprint density at radius 1 is 1.08 bits per heavy atom. The number of carbonyl (C=O) groups is 1. The Balaban J connectivity index is 1.42. The summed E-state index contributed by atoms with van der Waals surface area (Å²) in [5.41, 5.74) is 2.37. The number of amides is 1. The Morgan fingerprint density at radius 2 is 1.79 bits per heavy atom. The van der Waals surface area contributed by atoms with Crippen LogP contribution in [0.1, 0.15) is 80.7 Å². The molecule has 2 aromatic rings. The number of rotatable bonds is 8. The van der Waals surface area contributed by atoms with Gasteiger partial charge in [-0.2, -0.15) is 13.2 Å². The number of carbonyl (C=O) groups excluding carboxylic acids is 1. The Kier molecular flexibility index (Phi) is 8.78. The van der Waals surface area contributed by atoms with Crippen LogP contribution in [0, 0.1) is 0 Å². The molecule has 2 aliphatic rings. The van der Waals surface area contributed by atoms with Crippen LogP contribution in [-0.2, 0) is 33.8 Å². The zero-order valence-corrected chi connectivity index (χ0v) is 23.2. The Hall–Kier alpha value is -2.43. The van der Waals surface area contributed by atoms with Crippen molar-refractivity contribution < 1.29 is 31.5 Å². The molecule has 39 heavy (non-hydrogen) atoms. The van der Waals surface area contributed by atoms with Gasteiger partial charge >= 0.3 is 6.18 Å². The summed E-state index contributed by atoms with van der Waals surface area (Å²) in [6, 6.07) is 9.54. The highest BCUT2D eigenvalue weighted by Gasteiger charge is 2.44. The SMILES string of the molecule is CC(C)([C@@H](O)CC(=O)N[C@@H]1CCCc2cc(CN3CCCCC3)ccc21)S(=O)(=O)c1cccc(C(F)(F)F)c1. The molecule has 1 amide bonds. The summed E-state index contributed by atoms with van der Waals surface area (Å²) >= 11 is 0. The first kappa shape index (κ1) is 29.6. The second-order valence-electron chi connectivity index (χ2n) is 11.2. The summed E-state index contributed by atoms with van der Waals surface area (Å²) in [5, 5.41) is 13.8. The van der Waals surface area contributed by atoms with E-state index in [1.165, 1.54) is 44.2 Å². The van der Waals surface area contributed by atoms with Gasteiger partial charge in [0.2, 0.25) is 5.91 Å². The van der Waals surface area contributed by atoms with Gasteiger partial charge in [0.25, 0.3) is 0 Å². The third kappa shape index (κ3) is 6.66. The van der Waals surface area contributed by atoms with Gasteiger partial charge in [-0.1, -0.05) is 30.7 Å². The molecule has 0 spiro atoms. The molecule has 214 valence electrons. The van der Waals surface area contributed by atoms with Crippen LogP contribution in [-0.4, -0.2) is 48.3 Å². The number of halogens is 3. The average Bonchev–Trinajstić information content (AvgIpc) is 2.88. The van der Waals surface area contributed by atoms with Crippen molar-refractivity contribution in [2.24, 2.45) is 0 Å². The molecule has 1 heterocycles. The molecular weight excluding hydrogens is 529 g/mol. The Labute approximate surface area is 228 Å². The van der Waals surface area contributed by atoms with Crippen molar-refractivity contribution in [2.75, 3.05) is 13.1 Å². The number of hydrogen-bond donors (Lipinski definition) is 2. The van der Waals surface area contributed by atoms with Gasteiger partial charge in [-0.3, -0.25) is 9.69 Å². The highest BCUT2D eigenvalue weighted by atomic mass is 32.2. The van der Waals surface area contributed by atoms with Crippen LogP contribution >= 0.6 is 0 Å². The molecule has 0 bridgehead atoms. The van der Waals surface area contributed by atoms with Crippen molar-refractivity contribution in [1.82, 2.24) is 10.2 Å². The lowest BCUT2D eigenvalue weighted by molar-refractivity contribution is -0.137. The van der Waals surface area contributed by atoms with Gasteiger partial charge in [0.05, 0.1) is 33.8 Å². The van der Waals surface area contributed by atoms with Crippen LogP contribution in [0.3, 0.4) is 0 Å². The summed E-state index contributed by atoms with van der Waals surface area (Å²) < 4.78 is 64.0. The van der Waals surface area contributed by atoms with E-state index >= 15 is 0 Å². The molecule has 1 aliphatic carbocycles. The molecule has 10 heteroatoms. The first-order chi connectivity index (χ1) is 18.3. The van der Waals surface area contributed by atoms with Crippen LogP contribution in [0.15, 0.2) is 47.4 Å². The predicted molar refractivity (Wildman–Crippen MR) is 143 cm³/mol. The maximum Gasteiger partial charge on any atom is 0.416 e. The second-order valence-corrected chi connectivity index (χ2v) is 13.8.